The Morgan fingerprint density at radius 1 is 0.595 bits per heavy atom. The highest BCUT2D eigenvalue weighted by atomic mass is 19.5. The Hall–Kier alpha value is -3.83. The lowest BCUT2D eigenvalue weighted by atomic mass is 10.1. The summed E-state index contributed by atoms with van der Waals surface area (Å²) in [4.78, 5) is 7.44. The number of anilines is 3. The van der Waals surface area contributed by atoms with E-state index in [1.807, 2.05) is 0 Å². The molecule has 42 heavy (non-hydrogen) atoms. The van der Waals surface area contributed by atoms with Gasteiger partial charge in [-0.15, -0.1) is 0 Å². The smallest absolute Gasteiger partial charge is 0.418 e. The predicted molar refractivity (Wildman–Crippen MR) is 162 cm³/mol. The predicted octanol–water partition coefficient (Wildman–Crippen LogP) is 6.16. The minimum Gasteiger partial charge on any atom is -0.418 e. The number of morpholine rings is 2. The van der Waals surface area contributed by atoms with Gasteiger partial charge in [0.15, 0.2) is 11.4 Å². The van der Waals surface area contributed by atoms with Crippen LogP contribution < -0.4 is 14.7 Å². The summed E-state index contributed by atoms with van der Waals surface area (Å²) in [6.07, 6.45) is 2.34. The maximum Gasteiger partial charge on any atom is 0.673 e. The van der Waals surface area contributed by atoms with E-state index in [2.05, 4.69) is 98.4 Å². The Kier molecular flexibility index (Phi) is 8.21. The standard InChI is InChI=1S/C31H33N4O2.BF4/c1-3-7-26-24(5-1)9-11-28(32-15-19-36-20-16-32)30(26)34-13-14-35(23-34)31-27-8-4-2-6-25(27)10-12-29(31)33-17-21-37-22-18-33;2-1(3,4)5/h1-12,23H,13-22H2;/q+1;-1. The third kappa shape index (κ3) is 6.17. The van der Waals surface area contributed by atoms with Gasteiger partial charge in [0.2, 0.25) is 6.34 Å². The molecule has 6 nitrogen and oxygen atoms in total. The van der Waals surface area contributed by atoms with Crippen molar-refractivity contribution >= 4 is 57.9 Å². The molecule has 3 aliphatic rings. The fraction of sp³-hybridized carbons (Fsp3) is 0.323. The molecule has 220 valence electrons. The highest BCUT2D eigenvalue weighted by Crippen LogP contribution is 2.41. The summed E-state index contributed by atoms with van der Waals surface area (Å²) in [6, 6.07) is 26.7. The number of halogens is 4. The highest BCUT2D eigenvalue weighted by Gasteiger charge is 2.31. The summed E-state index contributed by atoms with van der Waals surface area (Å²) in [5.41, 5.74) is 5.20. The zero-order valence-electron chi connectivity index (χ0n) is 23.3. The molecule has 0 bridgehead atoms. The van der Waals surface area contributed by atoms with Crippen molar-refractivity contribution < 1.29 is 31.3 Å². The molecule has 0 atom stereocenters. The molecule has 0 amide bonds. The summed E-state index contributed by atoms with van der Waals surface area (Å²) < 4.78 is 52.8. The number of hydrogen-bond donors (Lipinski definition) is 0. The van der Waals surface area contributed by atoms with Gasteiger partial charge in [0.05, 0.1) is 37.8 Å². The maximum atomic E-state index is 9.75. The number of nitrogens with zero attached hydrogens (tertiary/aromatic N) is 4. The van der Waals surface area contributed by atoms with Crippen molar-refractivity contribution in [3.8, 4) is 0 Å². The van der Waals surface area contributed by atoms with Gasteiger partial charge in [-0.2, -0.15) is 0 Å². The molecule has 4 aromatic rings. The minimum atomic E-state index is -6.00. The van der Waals surface area contributed by atoms with E-state index in [1.54, 1.807) is 0 Å². The van der Waals surface area contributed by atoms with Gasteiger partial charge in [0.25, 0.3) is 0 Å². The second-order valence-corrected chi connectivity index (χ2v) is 10.5. The van der Waals surface area contributed by atoms with Crippen LogP contribution in [0, 0.1) is 0 Å². The molecular weight excluding hydrogens is 547 g/mol. The van der Waals surface area contributed by atoms with E-state index >= 15 is 0 Å². The molecule has 0 N–H and O–H groups in total. The van der Waals surface area contributed by atoms with Gasteiger partial charge in [-0.1, -0.05) is 60.7 Å². The summed E-state index contributed by atoms with van der Waals surface area (Å²) in [5.74, 6) is 0. The lowest BCUT2D eigenvalue weighted by molar-refractivity contribution is -0.421. The fourth-order valence-electron chi connectivity index (χ4n) is 6.05. The lowest BCUT2D eigenvalue weighted by Gasteiger charge is -2.31. The topological polar surface area (TPSA) is 31.2 Å². The third-order valence-electron chi connectivity index (χ3n) is 7.90. The molecule has 0 unspecified atom stereocenters. The van der Waals surface area contributed by atoms with Crippen molar-refractivity contribution in [2.45, 2.75) is 0 Å². The molecule has 0 radical (unpaired) electrons. The van der Waals surface area contributed by atoms with Crippen molar-refractivity contribution in [1.82, 2.24) is 0 Å². The fourth-order valence-corrected chi connectivity index (χ4v) is 6.05. The quantitative estimate of drug-likeness (QED) is 0.164. The normalized spacial score (nSPS) is 17.8. The number of fused-ring (bicyclic) bond motifs is 2. The Morgan fingerprint density at radius 2 is 1.10 bits per heavy atom. The Morgan fingerprint density at radius 3 is 1.71 bits per heavy atom. The van der Waals surface area contributed by atoms with Crippen molar-refractivity contribution in [3.63, 3.8) is 0 Å². The van der Waals surface area contributed by atoms with Crippen LogP contribution in [-0.2, 0) is 9.47 Å². The first-order chi connectivity index (χ1) is 20.4. The zero-order chi connectivity index (χ0) is 29.1. The second-order valence-electron chi connectivity index (χ2n) is 10.5. The SMILES string of the molecule is C1=[N+](c2c(N3CCOCC3)ccc3ccccc23)CCN1c1c(N2CCOCC2)ccc2ccccc12.F[B-](F)(F)F. The van der Waals surface area contributed by atoms with Gasteiger partial charge in [-0.25, -0.2) is 9.48 Å². The van der Waals surface area contributed by atoms with Crippen LogP contribution in [0.25, 0.3) is 21.5 Å². The van der Waals surface area contributed by atoms with E-state index in [1.165, 1.54) is 44.3 Å². The molecule has 2 saturated heterocycles. The Bertz CT molecular complexity index is 1580. The molecule has 3 aliphatic heterocycles. The summed E-state index contributed by atoms with van der Waals surface area (Å²) >= 11 is 0. The molecule has 0 aromatic heterocycles. The van der Waals surface area contributed by atoms with Gasteiger partial charge in [0.1, 0.15) is 13.1 Å². The first-order valence-corrected chi connectivity index (χ1v) is 14.3. The molecule has 0 aliphatic carbocycles. The van der Waals surface area contributed by atoms with Crippen LogP contribution in [0.4, 0.5) is 40.0 Å². The van der Waals surface area contributed by atoms with E-state index in [0.29, 0.717) is 0 Å². The first-order valence-electron chi connectivity index (χ1n) is 14.3. The van der Waals surface area contributed by atoms with E-state index in [-0.39, 0.29) is 0 Å². The zero-order valence-corrected chi connectivity index (χ0v) is 23.3. The Labute approximate surface area is 242 Å². The number of hydrogen-bond acceptors (Lipinski definition) is 5. The van der Waals surface area contributed by atoms with Gasteiger partial charge < -0.3 is 36.5 Å². The molecule has 11 heteroatoms. The molecular formula is C31H33BF4N4O2. The van der Waals surface area contributed by atoms with Gasteiger partial charge >= 0.3 is 7.25 Å². The molecule has 4 aromatic carbocycles. The first kappa shape index (κ1) is 28.3. The summed E-state index contributed by atoms with van der Waals surface area (Å²) in [7, 11) is -6.00. The average molecular weight is 580 g/mol. The number of benzene rings is 4. The van der Waals surface area contributed by atoms with E-state index in [9.17, 15) is 17.3 Å². The van der Waals surface area contributed by atoms with Gasteiger partial charge in [-0.05, 0) is 22.9 Å². The summed E-state index contributed by atoms with van der Waals surface area (Å²) in [6.45, 7) is 8.69. The molecule has 7 rings (SSSR count). The molecule has 3 heterocycles. The van der Waals surface area contributed by atoms with E-state index in [0.717, 1.165) is 65.7 Å². The van der Waals surface area contributed by atoms with Crippen molar-refractivity contribution in [1.29, 1.82) is 0 Å². The van der Waals surface area contributed by atoms with Crippen molar-refractivity contribution in [2.24, 2.45) is 0 Å². The van der Waals surface area contributed by atoms with Crippen molar-refractivity contribution in [2.75, 3.05) is 80.4 Å². The van der Waals surface area contributed by atoms with Gasteiger partial charge in [-0.3, -0.25) is 0 Å². The van der Waals surface area contributed by atoms with Crippen molar-refractivity contribution in [3.05, 3.63) is 72.8 Å². The van der Waals surface area contributed by atoms with Crippen LogP contribution >= 0.6 is 0 Å². The van der Waals surface area contributed by atoms with Crippen LogP contribution in [0.3, 0.4) is 0 Å². The lowest BCUT2D eigenvalue weighted by Crippen LogP contribution is -2.37. The molecule has 0 spiro atoms. The molecule has 0 saturated carbocycles. The minimum absolute atomic E-state index is 0.779. The van der Waals surface area contributed by atoms with E-state index < -0.39 is 7.25 Å². The van der Waals surface area contributed by atoms with Crippen LogP contribution in [0.15, 0.2) is 72.8 Å². The van der Waals surface area contributed by atoms with Gasteiger partial charge in [0, 0.05) is 37.0 Å². The average Bonchev–Trinajstić information content (AvgIpc) is 3.49. The van der Waals surface area contributed by atoms with Crippen LogP contribution in [0.2, 0.25) is 0 Å². The highest BCUT2D eigenvalue weighted by molar-refractivity contribution is 6.50. The third-order valence-corrected chi connectivity index (χ3v) is 7.90. The van der Waals surface area contributed by atoms with Crippen LogP contribution in [0.1, 0.15) is 0 Å². The number of ether oxygens (including phenoxy) is 2. The largest absolute Gasteiger partial charge is 0.673 e. The summed E-state index contributed by atoms with van der Waals surface area (Å²) in [5, 5.41) is 5.16. The second kappa shape index (κ2) is 12.2. The maximum absolute atomic E-state index is 9.75. The number of rotatable bonds is 4. The Balaban J connectivity index is 0.000000585. The van der Waals surface area contributed by atoms with Crippen LogP contribution in [0.5, 0.6) is 0 Å². The molecule has 2 fully saturated rings. The van der Waals surface area contributed by atoms with Crippen LogP contribution in [-0.4, -0.2) is 83.9 Å². The van der Waals surface area contributed by atoms with E-state index in [4.69, 9.17) is 9.47 Å². The monoisotopic (exact) mass is 580 g/mol.